The van der Waals surface area contributed by atoms with Gasteiger partial charge in [-0.1, -0.05) is 36.4 Å². The minimum Gasteiger partial charge on any atom is -0.496 e. The van der Waals surface area contributed by atoms with Crippen LogP contribution >= 0.6 is 11.8 Å². The van der Waals surface area contributed by atoms with Crippen LogP contribution in [-0.4, -0.2) is 31.2 Å². The van der Waals surface area contributed by atoms with Gasteiger partial charge in [-0.25, -0.2) is 0 Å². The first-order valence-corrected chi connectivity index (χ1v) is 9.03. The number of carbonyl (C=O) groups is 1. The third kappa shape index (κ3) is 4.76. The monoisotopic (exact) mass is 344 g/mol. The topological polar surface area (TPSA) is 55.6 Å². The van der Waals surface area contributed by atoms with E-state index in [-0.39, 0.29) is 11.9 Å². The Balaban J connectivity index is 1.99. The molecule has 0 aromatic heterocycles. The number of carbonyl (C=O) groups excluding carboxylic acids is 1. The van der Waals surface area contributed by atoms with Crippen LogP contribution in [-0.2, 0) is 11.3 Å². The molecule has 2 aromatic carbocycles. The molecule has 4 nitrogen and oxygen atoms in total. The lowest BCUT2D eigenvalue weighted by atomic mass is 10.0. The summed E-state index contributed by atoms with van der Waals surface area (Å²) in [6.07, 6.45) is 2.30. The normalized spacial score (nSPS) is 11.8. The Labute approximate surface area is 148 Å². The van der Waals surface area contributed by atoms with Crippen LogP contribution in [0.3, 0.4) is 0 Å². The van der Waals surface area contributed by atoms with Crippen LogP contribution in [0.2, 0.25) is 0 Å². The van der Waals surface area contributed by atoms with Gasteiger partial charge in [0.1, 0.15) is 5.75 Å². The standard InChI is InChI=1S/C19H24N2O2S/c1-21(13-14-9-10-18(24-3)17(11-14)23-2)19(22)12-16(20)15-7-5-4-6-8-15/h4-11,16H,12-13,20H2,1-3H3. The van der Waals surface area contributed by atoms with Crippen LogP contribution < -0.4 is 10.5 Å². The summed E-state index contributed by atoms with van der Waals surface area (Å²) in [6.45, 7) is 0.533. The molecule has 2 rings (SSSR count). The van der Waals surface area contributed by atoms with E-state index in [2.05, 4.69) is 0 Å². The molecule has 0 heterocycles. The van der Waals surface area contributed by atoms with Crippen molar-refractivity contribution in [3.05, 3.63) is 59.7 Å². The van der Waals surface area contributed by atoms with Gasteiger partial charge < -0.3 is 15.4 Å². The van der Waals surface area contributed by atoms with Crippen molar-refractivity contribution in [2.75, 3.05) is 20.4 Å². The molecular weight excluding hydrogens is 320 g/mol. The molecule has 0 aliphatic rings. The number of rotatable bonds is 7. The summed E-state index contributed by atoms with van der Waals surface area (Å²) >= 11 is 1.64. The SMILES string of the molecule is COc1cc(CN(C)C(=O)CC(N)c2ccccc2)ccc1SC. The highest BCUT2D eigenvalue weighted by atomic mass is 32.2. The van der Waals surface area contributed by atoms with Gasteiger partial charge in [0.05, 0.1) is 7.11 Å². The molecule has 1 atom stereocenters. The van der Waals surface area contributed by atoms with E-state index in [4.69, 9.17) is 10.5 Å². The van der Waals surface area contributed by atoms with Crippen LogP contribution in [0.25, 0.3) is 0 Å². The second-order valence-electron chi connectivity index (χ2n) is 5.66. The van der Waals surface area contributed by atoms with Crippen molar-refractivity contribution in [3.8, 4) is 5.75 Å². The number of amides is 1. The quantitative estimate of drug-likeness (QED) is 0.782. The maximum Gasteiger partial charge on any atom is 0.224 e. The van der Waals surface area contributed by atoms with E-state index in [1.54, 1.807) is 30.8 Å². The molecule has 0 bridgehead atoms. The molecule has 0 spiro atoms. The molecule has 0 radical (unpaired) electrons. The van der Waals surface area contributed by atoms with Gasteiger partial charge in [-0.05, 0) is 29.5 Å². The Morgan fingerprint density at radius 1 is 1.25 bits per heavy atom. The molecule has 0 aliphatic carbocycles. The Kier molecular flexibility index (Phi) is 6.70. The number of benzene rings is 2. The van der Waals surface area contributed by atoms with Gasteiger partial charge in [0.25, 0.3) is 0 Å². The van der Waals surface area contributed by atoms with E-state index in [0.717, 1.165) is 21.8 Å². The largest absolute Gasteiger partial charge is 0.496 e. The zero-order valence-electron chi connectivity index (χ0n) is 14.4. The molecule has 24 heavy (non-hydrogen) atoms. The van der Waals surface area contributed by atoms with Gasteiger partial charge in [0.2, 0.25) is 5.91 Å². The predicted molar refractivity (Wildman–Crippen MR) is 99.2 cm³/mol. The van der Waals surface area contributed by atoms with Gasteiger partial charge >= 0.3 is 0 Å². The molecule has 5 heteroatoms. The van der Waals surface area contributed by atoms with Crippen molar-refractivity contribution >= 4 is 17.7 Å². The first-order valence-electron chi connectivity index (χ1n) is 7.80. The van der Waals surface area contributed by atoms with Gasteiger partial charge in [0, 0.05) is 31.0 Å². The highest BCUT2D eigenvalue weighted by Crippen LogP contribution is 2.28. The summed E-state index contributed by atoms with van der Waals surface area (Å²) < 4.78 is 5.40. The smallest absolute Gasteiger partial charge is 0.224 e. The fourth-order valence-corrected chi connectivity index (χ4v) is 3.05. The highest BCUT2D eigenvalue weighted by molar-refractivity contribution is 7.98. The molecule has 2 aromatic rings. The van der Waals surface area contributed by atoms with Gasteiger partial charge in [0.15, 0.2) is 0 Å². The zero-order valence-corrected chi connectivity index (χ0v) is 15.2. The molecule has 1 unspecified atom stereocenters. The van der Waals surface area contributed by atoms with Crippen LogP contribution in [0, 0.1) is 0 Å². The number of ether oxygens (including phenoxy) is 1. The summed E-state index contributed by atoms with van der Waals surface area (Å²) in [5, 5.41) is 0. The average molecular weight is 344 g/mol. The second-order valence-corrected chi connectivity index (χ2v) is 6.51. The maximum absolute atomic E-state index is 12.4. The van der Waals surface area contributed by atoms with Gasteiger partial charge in [-0.15, -0.1) is 11.8 Å². The van der Waals surface area contributed by atoms with Crippen LogP contribution in [0.5, 0.6) is 5.75 Å². The molecule has 128 valence electrons. The first-order chi connectivity index (χ1) is 11.5. The average Bonchev–Trinajstić information content (AvgIpc) is 2.62. The van der Waals surface area contributed by atoms with Crippen molar-refractivity contribution in [1.82, 2.24) is 4.90 Å². The fourth-order valence-electron chi connectivity index (χ4n) is 2.50. The van der Waals surface area contributed by atoms with E-state index in [1.807, 2.05) is 54.8 Å². The third-order valence-electron chi connectivity index (χ3n) is 3.92. The van der Waals surface area contributed by atoms with Crippen molar-refractivity contribution in [2.24, 2.45) is 5.73 Å². The van der Waals surface area contributed by atoms with Crippen molar-refractivity contribution in [1.29, 1.82) is 0 Å². The molecule has 1 amide bonds. The zero-order chi connectivity index (χ0) is 17.5. The van der Waals surface area contributed by atoms with Crippen LogP contribution in [0.4, 0.5) is 0 Å². The van der Waals surface area contributed by atoms with Crippen LogP contribution in [0.15, 0.2) is 53.4 Å². The molecule has 0 saturated carbocycles. The summed E-state index contributed by atoms with van der Waals surface area (Å²) in [5.74, 6) is 0.862. The fraction of sp³-hybridized carbons (Fsp3) is 0.316. The Morgan fingerprint density at radius 3 is 2.58 bits per heavy atom. The lowest BCUT2D eigenvalue weighted by molar-refractivity contribution is -0.130. The van der Waals surface area contributed by atoms with E-state index in [9.17, 15) is 4.79 Å². The van der Waals surface area contributed by atoms with Crippen molar-refractivity contribution in [2.45, 2.75) is 23.9 Å². The Hall–Kier alpha value is -1.98. The number of nitrogens with zero attached hydrogens (tertiary/aromatic N) is 1. The highest BCUT2D eigenvalue weighted by Gasteiger charge is 2.16. The minimum absolute atomic E-state index is 0.0271. The van der Waals surface area contributed by atoms with Gasteiger partial charge in [-0.3, -0.25) is 4.79 Å². The van der Waals surface area contributed by atoms with E-state index < -0.39 is 0 Å². The predicted octanol–water partition coefficient (Wildman–Crippen LogP) is 3.47. The lowest BCUT2D eigenvalue weighted by Gasteiger charge is -2.20. The van der Waals surface area contributed by atoms with Crippen molar-refractivity contribution in [3.63, 3.8) is 0 Å². The first kappa shape index (κ1) is 18.4. The Morgan fingerprint density at radius 2 is 1.96 bits per heavy atom. The molecule has 0 aliphatic heterocycles. The number of nitrogens with two attached hydrogens (primary N) is 1. The molecule has 0 saturated heterocycles. The summed E-state index contributed by atoms with van der Waals surface area (Å²) in [7, 11) is 3.46. The minimum atomic E-state index is -0.283. The number of hydrogen-bond donors (Lipinski definition) is 1. The number of hydrogen-bond acceptors (Lipinski definition) is 4. The van der Waals surface area contributed by atoms with E-state index in [0.29, 0.717) is 13.0 Å². The maximum atomic E-state index is 12.4. The second kappa shape index (κ2) is 8.76. The summed E-state index contributed by atoms with van der Waals surface area (Å²) in [4.78, 5) is 15.2. The number of thioether (sulfide) groups is 1. The summed E-state index contributed by atoms with van der Waals surface area (Å²) in [6, 6.07) is 15.4. The summed E-state index contributed by atoms with van der Waals surface area (Å²) in [5.41, 5.74) is 8.15. The number of methoxy groups -OCH3 is 1. The van der Waals surface area contributed by atoms with E-state index >= 15 is 0 Å². The molecular formula is C19H24N2O2S. The molecule has 0 fully saturated rings. The van der Waals surface area contributed by atoms with Gasteiger partial charge in [-0.2, -0.15) is 0 Å². The Bertz CT molecular complexity index is 676. The molecule has 2 N–H and O–H groups in total. The van der Waals surface area contributed by atoms with E-state index in [1.165, 1.54) is 0 Å². The third-order valence-corrected chi connectivity index (χ3v) is 4.69. The van der Waals surface area contributed by atoms with Crippen LogP contribution in [0.1, 0.15) is 23.6 Å². The lowest BCUT2D eigenvalue weighted by Crippen LogP contribution is -2.29. The van der Waals surface area contributed by atoms with Crippen molar-refractivity contribution < 1.29 is 9.53 Å².